The molecule has 8 rings (SSSR count). The molecule has 4 aromatic rings. The fraction of sp³-hybridized carbons (Fsp3) is 0.523. The lowest BCUT2D eigenvalue weighted by Gasteiger charge is -2.34. The number of hydrogen-bond acceptors (Lipinski definition) is 7. The first-order valence-electron chi connectivity index (χ1n) is 20.2. The van der Waals surface area contributed by atoms with Crippen molar-refractivity contribution in [1.29, 1.82) is 0 Å². The molecule has 2 aromatic carbocycles. The molecule has 5 heterocycles. The highest BCUT2D eigenvalue weighted by Crippen LogP contribution is 2.58. The van der Waals surface area contributed by atoms with E-state index >= 15 is 0 Å². The van der Waals surface area contributed by atoms with Crippen molar-refractivity contribution in [3.8, 4) is 23.1 Å². The average Bonchev–Trinajstić information content (AvgIpc) is 3.63. The van der Waals surface area contributed by atoms with Gasteiger partial charge in [0.2, 0.25) is 11.8 Å². The molecule has 2 aromatic heterocycles. The summed E-state index contributed by atoms with van der Waals surface area (Å²) in [5.41, 5.74) is 5.65. The fourth-order valence-electron chi connectivity index (χ4n) is 8.76. The number of likely N-dealkylation sites (tertiary alicyclic amines) is 2. The smallest absolute Gasteiger partial charge is 0.407 e. The molecule has 12 nitrogen and oxygen atoms in total. The molecular formula is C44H53N7O5. The van der Waals surface area contributed by atoms with Crippen LogP contribution in [0, 0.1) is 40.9 Å². The minimum absolute atomic E-state index is 0.0209. The second-order valence-electron chi connectivity index (χ2n) is 17.0. The summed E-state index contributed by atoms with van der Waals surface area (Å²) in [6.45, 7) is 10.9. The predicted molar refractivity (Wildman–Crippen MR) is 212 cm³/mol. The first-order chi connectivity index (χ1) is 27.0. The number of ether oxygens (including phenoxy) is 2. The molecule has 0 unspecified atom stereocenters. The van der Waals surface area contributed by atoms with Gasteiger partial charge in [-0.2, -0.15) is 0 Å². The first kappa shape index (κ1) is 37.8. The van der Waals surface area contributed by atoms with Gasteiger partial charge in [-0.05, 0) is 97.6 Å². The Hall–Kier alpha value is -5.15. The van der Waals surface area contributed by atoms with Crippen LogP contribution in [0.25, 0.3) is 22.3 Å². The third-order valence-corrected chi connectivity index (χ3v) is 12.7. The number of rotatable bonds is 8. The normalized spacial score (nSPS) is 22.9. The van der Waals surface area contributed by atoms with Crippen LogP contribution in [0.3, 0.4) is 0 Å². The van der Waals surface area contributed by atoms with Gasteiger partial charge >= 0.3 is 6.09 Å². The number of nitrogens with one attached hydrogen (secondary N) is 3. The van der Waals surface area contributed by atoms with Gasteiger partial charge in [-0.3, -0.25) is 9.59 Å². The number of fused-ring (bicyclic) bond motifs is 1. The van der Waals surface area contributed by atoms with Crippen LogP contribution in [-0.2, 0) is 19.1 Å². The molecule has 4 aliphatic rings. The van der Waals surface area contributed by atoms with E-state index in [2.05, 4.69) is 52.8 Å². The van der Waals surface area contributed by atoms with Crippen LogP contribution in [0.4, 0.5) is 4.79 Å². The van der Waals surface area contributed by atoms with E-state index in [9.17, 15) is 14.4 Å². The van der Waals surface area contributed by atoms with Crippen molar-refractivity contribution < 1.29 is 23.9 Å². The van der Waals surface area contributed by atoms with Crippen molar-refractivity contribution in [2.45, 2.75) is 84.3 Å². The maximum atomic E-state index is 14.1. The van der Waals surface area contributed by atoms with E-state index in [1.54, 1.807) is 0 Å². The molecule has 1 aliphatic carbocycles. The Morgan fingerprint density at radius 2 is 1.68 bits per heavy atom. The van der Waals surface area contributed by atoms with E-state index in [4.69, 9.17) is 19.4 Å². The molecule has 56 heavy (non-hydrogen) atoms. The number of benzene rings is 2. The Kier molecular flexibility index (Phi) is 10.4. The molecule has 3 N–H and O–H groups in total. The molecule has 1 spiro atoms. The fourth-order valence-corrected chi connectivity index (χ4v) is 8.76. The van der Waals surface area contributed by atoms with Gasteiger partial charge in [0.25, 0.3) is 0 Å². The lowest BCUT2D eigenvalue weighted by atomic mass is 9.90. The molecule has 0 bridgehead atoms. The van der Waals surface area contributed by atoms with Crippen molar-refractivity contribution in [2.24, 2.45) is 29.1 Å². The summed E-state index contributed by atoms with van der Waals surface area (Å²) < 4.78 is 10.4. The molecule has 3 aliphatic heterocycles. The number of carbonyl (C=O) groups is 3. The summed E-state index contributed by atoms with van der Waals surface area (Å²) in [5, 5.41) is 2.83. The zero-order valence-electron chi connectivity index (χ0n) is 33.1. The molecule has 5 atom stereocenters. The van der Waals surface area contributed by atoms with Crippen molar-refractivity contribution >= 4 is 28.9 Å². The van der Waals surface area contributed by atoms with Crippen LogP contribution in [-0.4, -0.2) is 87.1 Å². The Morgan fingerprint density at radius 3 is 2.39 bits per heavy atom. The molecule has 0 radical (unpaired) electrons. The van der Waals surface area contributed by atoms with Gasteiger partial charge in [0.1, 0.15) is 17.7 Å². The Balaban J connectivity index is 0.950. The van der Waals surface area contributed by atoms with E-state index in [0.29, 0.717) is 38.5 Å². The van der Waals surface area contributed by atoms with E-state index < -0.39 is 12.1 Å². The number of alkyl carbamates (subject to hydrolysis) is 1. The zero-order valence-corrected chi connectivity index (χ0v) is 33.1. The zero-order chi connectivity index (χ0) is 39.1. The summed E-state index contributed by atoms with van der Waals surface area (Å²) >= 11 is 0. The number of H-pyrrole nitrogens is 2. The van der Waals surface area contributed by atoms with Crippen molar-refractivity contribution in [3.63, 3.8) is 0 Å². The van der Waals surface area contributed by atoms with E-state index in [1.165, 1.54) is 20.0 Å². The van der Waals surface area contributed by atoms with Gasteiger partial charge in [0, 0.05) is 43.3 Å². The molecule has 1 saturated carbocycles. The number of carbonyl (C=O) groups excluding carboxylic acids is 3. The van der Waals surface area contributed by atoms with Crippen molar-refractivity contribution in [3.05, 3.63) is 71.4 Å². The quantitative estimate of drug-likeness (QED) is 0.168. The number of aromatic amines is 2. The van der Waals surface area contributed by atoms with Gasteiger partial charge in [-0.15, -0.1) is 0 Å². The third kappa shape index (κ3) is 7.66. The maximum absolute atomic E-state index is 14.1. The minimum Gasteiger partial charge on any atom is -0.453 e. The molecule has 294 valence electrons. The van der Waals surface area contributed by atoms with Gasteiger partial charge in [-0.25, -0.2) is 14.8 Å². The first-order valence-corrected chi connectivity index (χ1v) is 20.2. The Bertz CT molecular complexity index is 2150. The number of hydrogen-bond donors (Lipinski definition) is 3. The summed E-state index contributed by atoms with van der Waals surface area (Å²) in [6.07, 6.45) is 6.71. The highest BCUT2D eigenvalue weighted by molar-refractivity contribution is 5.86. The van der Waals surface area contributed by atoms with Crippen molar-refractivity contribution in [2.75, 3.05) is 33.4 Å². The van der Waals surface area contributed by atoms with Crippen LogP contribution in [0.1, 0.15) is 101 Å². The summed E-state index contributed by atoms with van der Waals surface area (Å²) in [5.74, 6) is 8.86. The maximum Gasteiger partial charge on any atom is 0.407 e. The van der Waals surface area contributed by atoms with Gasteiger partial charge < -0.3 is 34.6 Å². The number of amides is 3. The lowest BCUT2D eigenvalue weighted by molar-refractivity contribution is -0.138. The Labute approximate surface area is 328 Å². The monoisotopic (exact) mass is 759 g/mol. The number of nitrogens with zero attached hydrogens (tertiary/aromatic N) is 4. The average molecular weight is 760 g/mol. The summed E-state index contributed by atoms with van der Waals surface area (Å²) in [4.78, 5) is 60.6. The number of aromatic nitrogens is 4. The topological polar surface area (TPSA) is 146 Å². The number of methoxy groups -OCH3 is 1. The Morgan fingerprint density at radius 1 is 0.946 bits per heavy atom. The second kappa shape index (κ2) is 15.4. The van der Waals surface area contributed by atoms with Crippen LogP contribution < -0.4 is 5.32 Å². The minimum atomic E-state index is -0.686. The van der Waals surface area contributed by atoms with Gasteiger partial charge in [-0.1, -0.05) is 51.7 Å². The van der Waals surface area contributed by atoms with E-state index in [0.717, 1.165) is 64.5 Å². The third-order valence-electron chi connectivity index (χ3n) is 12.7. The van der Waals surface area contributed by atoms with E-state index in [-0.39, 0.29) is 47.1 Å². The van der Waals surface area contributed by atoms with Crippen LogP contribution in [0.5, 0.6) is 0 Å². The summed E-state index contributed by atoms with van der Waals surface area (Å²) in [7, 11) is 1.31. The number of imidazole rings is 2. The molecule has 4 fully saturated rings. The standard InChI is InChI=1S/C44H53N7O5/c1-26(2)28(4)41(52)51-25-44(16-17-44)22-37(51)40-46-33-13-10-30(21-34(33)47-40)7-6-29-8-11-31(12-9-29)35-23-45-39(48-35)36-20-27(3)24-50(36)42(53)38(49-43(54)55-5)32-14-18-56-19-15-32/h8-13,21,23,26-28,32,36-38H,14-20,22,24-25H2,1-5H3,(H,45,48)(H,46,47)(H,49,54)/t27-,28+,36+,37+,38+/m1/s1. The SMILES string of the molecule is COC(=O)N[C@H](C(=O)N1C[C@H](C)C[C@H]1c1ncc(-c2ccc(C#Cc3ccc4nc([C@@H]5CC6(CC6)CN5C(=O)[C@@H](C)C(C)C)[nH]c4c3)cc2)[nH]1)C1CCOCC1. The molecule has 3 saturated heterocycles. The van der Waals surface area contributed by atoms with Crippen LogP contribution in [0.2, 0.25) is 0 Å². The molecular weight excluding hydrogens is 707 g/mol. The molecule has 12 heteroatoms. The second-order valence-corrected chi connectivity index (χ2v) is 17.0. The summed E-state index contributed by atoms with van der Waals surface area (Å²) in [6, 6.07) is 13.1. The van der Waals surface area contributed by atoms with Crippen LogP contribution in [0.15, 0.2) is 48.7 Å². The molecule has 3 amide bonds. The van der Waals surface area contributed by atoms with Crippen molar-refractivity contribution in [1.82, 2.24) is 35.1 Å². The largest absolute Gasteiger partial charge is 0.453 e. The van der Waals surface area contributed by atoms with E-state index in [1.807, 2.05) is 60.5 Å². The van der Waals surface area contributed by atoms with Gasteiger partial charge in [0.05, 0.1) is 42.1 Å². The lowest BCUT2D eigenvalue weighted by Crippen LogP contribution is -2.53. The van der Waals surface area contributed by atoms with Crippen LogP contribution >= 0.6 is 0 Å². The highest BCUT2D eigenvalue weighted by atomic mass is 16.5. The van der Waals surface area contributed by atoms with Gasteiger partial charge in [0.15, 0.2) is 0 Å². The highest BCUT2D eigenvalue weighted by Gasteiger charge is 2.54. The predicted octanol–water partition coefficient (Wildman–Crippen LogP) is 6.76.